The van der Waals surface area contributed by atoms with Gasteiger partial charge in [-0.3, -0.25) is 0 Å². The predicted octanol–water partition coefficient (Wildman–Crippen LogP) is 2.22. The normalized spacial score (nSPS) is 17.5. The molecule has 1 aliphatic rings. The first kappa shape index (κ1) is 20.0. The fourth-order valence-electron chi connectivity index (χ4n) is 3.12. The first-order valence-corrected chi connectivity index (χ1v) is 11.9. The first-order valence-electron chi connectivity index (χ1n) is 8.88. The van der Waals surface area contributed by atoms with Crippen molar-refractivity contribution in [2.75, 3.05) is 26.2 Å². The van der Waals surface area contributed by atoms with Crippen LogP contribution in [0, 0.1) is 6.92 Å². The fraction of sp³-hybridized carbons (Fsp3) is 0.368. The third kappa shape index (κ3) is 4.76. The molecule has 0 unspecified atom stereocenters. The Hall–Kier alpha value is -1.74. The molecule has 0 aliphatic carbocycles. The van der Waals surface area contributed by atoms with Gasteiger partial charge in [0, 0.05) is 26.2 Å². The lowest BCUT2D eigenvalue weighted by molar-refractivity contribution is 0.404. The van der Waals surface area contributed by atoms with Crippen LogP contribution in [-0.4, -0.2) is 51.6 Å². The molecule has 2 aromatic carbocycles. The highest BCUT2D eigenvalue weighted by Crippen LogP contribution is 2.20. The van der Waals surface area contributed by atoms with Crippen LogP contribution in [0.25, 0.3) is 0 Å². The number of rotatable bonds is 5. The summed E-state index contributed by atoms with van der Waals surface area (Å²) in [5.41, 5.74) is 1.72. The first-order chi connectivity index (χ1) is 12.8. The van der Waals surface area contributed by atoms with Gasteiger partial charge in [-0.15, -0.1) is 0 Å². The molecule has 2 aromatic rings. The van der Waals surface area contributed by atoms with E-state index in [0.717, 1.165) is 11.1 Å². The molecular formula is C19H24N2O4S2. The van der Waals surface area contributed by atoms with Gasteiger partial charge in [0.15, 0.2) is 0 Å². The van der Waals surface area contributed by atoms with Gasteiger partial charge in [-0.05, 0) is 31.0 Å². The molecule has 27 heavy (non-hydrogen) atoms. The SMILES string of the molecule is Cc1ccc(S(=O)(=O)N2CCCN(S(=O)(=O)Cc3ccccc3)CC2)cc1. The van der Waals surface area contributed by atoms with Gasteiger partial charge in [0.1, 0.15) is 0 Å². The quantitative estimate of drug-likeness (QED) is 0.760. The van der Waals surface area contributed by atoms with Gasteiger partial charge in [-0.1, -0.05) is 48.0 Å². The summed E-state index contributed by atoms with van der Waals surface area (Å²) in [6, 6.07) is 15.7. The van der Waals surface area contributed by atoms with Crippen LogP contribution in [0.4, 0.5) is 0 Å². The molecule has 3 rings (SSSR count). The Morgan fingerprint density at radius 1 is 0.778 bits per heavy atom. The van der Waals surface area contributed by atoms with Crippen LogP contribution < -0.4 is 0 Å². The van der Waals surface area contributed by atoms with Crippen molar-refractivity contribution in [3.8, 4) is 0 Å². The summed E-state index contributed by atoms with van der Waals surface area (Å²) in [6.45, 7) is 2.87. The average molecular weight is 409 g/mol. The Bertz CT molecular complexity index is 972. The highest BCUT2D eigenvalue weighted by atomic mass is 32.2. The maximum Gasteiger partial charge on any atom is 0.243 e. The van der Waals surface area contributed by atoms with E-state index in [-0.39, 0.29) is 23.7 Å². The summed E-state index contributed by atoms with van der Waals surface area (Å²) in [4.78, 5) is 0.244. The molecule has 1 saturated heterocycles. The molecule has 0 amide bonds. The number of aryl methyl sites for hydroxylation is 1. The molecule has 1 fully saturated rings. The molecule has 0 aromatic heterocycles. The third-order valence-corrected chi connectivity index (χ3v) is 8.42. The summed E-state index contributed by atoms with van der Waals surface area (Å²) in [6.07, 6.45) is 0.471. The van der Waals surface area contributed by atoms with E-state index in [9.17, 15) is 16.8 Å². The molecule has 6 nitrogen and oxygen atoms in total. The van der Waals surface area contributed by atoms with Gasteiger partial charge in [-0.2, -0.15) is 4.31 Å². The van der Waals surface area contributed by atoms with Crippen LogP contribution in [0.5, 0.6) is 0 Å². The Labute approximate surface area is 161 Å². The Morgan fingerprint density at radius 2 is 1.37 bits per heavy atom. The van der Waals surface area contributed by atoms with E-state index in [1.165, 1.54) is 8.61 Å². The number of hydrogen-bond acceptors (Lipinski definition) is 4. The van der Waals surface area contributed by atoms with E-state index in [1.807, 2.05) is 25.1 Å². The second-order valence-corrected chi connectivity index (χ2v) is 10.6. The third-order valence-electron chi connectivity index (χ3n) is 4.66. The van der Waals surface area contributed by atoms with Crippen molar-refractivity contribution in [3.63, 3.8) is 0 Å². The number of hydrogen-bond donors (Lipinski definition) is 0. The van der Waals surface area contributed by atoms with Crippen molar-refractivity contribution >= 4 is 20.0 Å². The second-order valence-electron chi connectivity index (χ2n) is 6.71. The topological polar surface area (TPSA) is 74.8 Å². The molecule has 0 spiro atoms. The molecule has 0 bridgehead atoms. The Morgan fingerprint density at radius 3 is 2.04 bits per heavy atom. The van der Waals surface area contributed by atoms with Crippen LogP contribution >= 0.6 is 0 Å². The standard InChI is InChI=1S/C19H24N2O4S2/c1-17-8-10-19(11-9-17)27(24,25)21-13-5-12-20(14-15-21)26(22,23)16-18-6-3-2-4-7-18/h2-4,6-11H,5,12-16H2,1H3. The van der Waals surface area contributed by atoms with Gasteiger partial charge < -0.3 is 0 Å². The van der Waals surface area contributed by atoms with Gasteiger partial charge in [0.2, 0.25) is 20.0 Å². The monoisotopic (exact) mass is 408 g/mol. The summed E-state index contributed by atoms with van der Waals surface area (Å²) >= 11 is 0. The summed E-state index contributed by atoms with van der Waals surface area (Å²) < 4.78 is 54.0. The van der Waals surface area contributed by atoms with Crippen molar-refractivity contribution in [2.45, 2.75) is 24.0 Å². The average Bonchev–Trinajstić information content (AvgIpc) is 2.90. The van der Waals surface area contributed by atoms with Gasteiger partial charge in [0.25, 0.3) is 0 Å². The lowest BCUT2D eigenvalue weighted by atomic mass is 10.2. The number of nitrogens with zero attached hydrogens (tertiary/aromatic N) is 2. The van der Waals surface area contributed by atoms with Crippen LogP contribution in [0.2, 0.25) is 0 Å². The van der Waals surface area contributed by atoms with Crippen LogP contribution in [-0.2, 0) is 25.8 Å². The molecule has 1 aliphatic heterocycles. The summed E-state index contributed by atoms with van der Waals surface area (Å²) in [5.74, 6) is -0.0709. The van der Waals surface area contributed by atoms with E-state index < -0.39 is 20.0 Å². The minimum Gasteiger partial charge on any atom is -0.212 e. The van der Waals surface area contributed by atoms with Crippen LogP contribution in [0.1, 0.15) is 17.5 Å². The minimum absolute atomic E-state index is 0.0709. The van der Waals surface area contributed by atoms with E-state index in [2.05, 4.69) is 0 Å². The second kappa shape index (κ2) is 8.10. The minimum atomic E-state index is -3.62. The van der Waals surface area contributed by atoms with E-state index in [0.29, 0.717) is 19.5 Å². The molecule has 0 saturated carbocycles. The Balaban J connectivity index is 1.72. The Kier molecular flexibility index (Phi) is 6.00. The van der Waals surface area contributed by atoms with E-state index in [4.69, 9.17) is 0 Å². The smallest absolute Gasteiger partial charge is 0.212 e. The van der Waals surface area contributed by atoms with Gasteiger partial charge >= 0.3 is 0 Å². The zero-order chi connectivity index (χ0) is 19.5. The molecule has 0 atom stereocenters. The molecule has 8 heteroatoms. The van der Waals surface area contributed by atoms with E-state index in [1.54, 1.807) is 36.4 Å². The molecular weight excluding hydrogens is 384 g/mol. The van der Waals surface area contributed by atoms with Crippen molar-refractivity contribution in [2.24, 2.45) is 0 Å². The molecule has 0 radical (unpaired) electrons. The van der Waals surface area contributed by atoms with Gasteiger partial charge in [-0.25, -0.2) is 21.1 Å². The summed E-state index contributed by atoms with van der Waals surface area (Å²) in [5, 5.41) is 0. The van der Waals surface area contributed by atoms with Crippen LogP contribution in [0.15, 0.2) is 59.5 Å². The van der Waals surface area contributed by atoms with Crippen molar-refractivity contribution in [3.05, 3.63) is 65.7 Å². The lowest BCUT2D eigenvalue weighted by Crippen LogP contribution is -2.37. The maximum atomic E-state index is 12.9. The zero-order valence-electron chi connectivity index (χ0n) is 15.3. The number of benzene rings is 2. The fourth-order valence-corrected chi connectivity index (χ4v) is 6.16. The van der Waals surface area contributed by atoms with Crippen molar-refractivity contribution in [1.29, 1.82) is 0 Å². The predicted molar refractivity (Wildman–Crippen MR) is 105 cm³/mol. The summed E-state index contributed by atoms with van der Waals surface area (Å²) in [7, 11) is -7.11. The lowest BCUT2D eigenvalue weighted by Gasteiger charge is -2.22. The zero-order valence-corrected chi connectivity index (χ0v) is 16.9. The highest BCUT2D eigenvalue weighted by Gasteiger charge is 2.30. The number of sulfonamides is 2. The van der Waals surface area contributed by atoms with Crippen molar-refractivity contribution in [1.82, 2.24) is 8.61 Å². The molecule has 0 N–H and O–H groups in total. The maximum absolute atomic E-state index is 12.9. The molecule has 1 heterocycles. The highest BCUT2D eigenvalue weighted by molar-refractivity contribution is 7.89. The van der Waals surface area contributed by atoms with Gasteiger partial charge in [0.05, 0.1) is 10.6 Å². The largest absolute Gasteiger partial charge is 0.243 e. The van der Waals surface area contributed by atoms with Crippen LogP contribution in [0.3, 0.4) is 0 Å². The molecule has 146 valence electrons. The van der Waals surface area contributed by atoms with E-state index >= 15 is 0 Å². The van der Waals surface area contributed by atoms with Crippen molar-refractivity contribution < 1.29 is 16.8 Å².